The van der Waals surface area contributed by atoms with Crippen LogP contribution in [0.4, 0.5) is 0 Å². The molecule has 0 spiro atoms. The molecule has 0 bridgehead atoms. The first-order valence-electron chi connectivity index (χ1n) is 8.57. The maximum absolute atomic E-state index is 8.36. The Bertz CT molecular complexity index is 522. The van der Waals surface area contributed by atoms with E-state index in [1.807, 2.05) is 146 Å². The van der Waals surface area contributed by atoms with Crippen molar-refractivity contribution in [2.24, 2.45) is 0 Å². The second-order valence-corrected chi connectivity index (χ2v) is 4.86. The van der Waals surface area contributed by atoms with Crippen LogP contribution in [0.2, 0.25) is 0 Å². The van der Waals surface area contributed by atoms with Crippen molar-refractivity contribution in [1.29, 1.82) is 0 Å². The maximum Gasteiger partial charge on any atom is 0.291 e. The zero-order valence-corrected chi connectivity index (χ0v) is 18.6. The van der Waals surface area contributed by atoms with Crippen molar-refractivity contribution in [3.05, 3.63) is 156 Å². The Balaban J connectivity index is 0. The molecular weight excluding hydrogens is 472 g/mol. The van der Waals surface area contributed by atoms with Crippen LogP contribution in [0.15, 0.2) is 146 Å². The van der Waals surface area contributed by atoms with Crippen LogP contribution in [-0.2, 0) is 0 Å². The Morgan fingerprint density at radius 2 is 0.414 bits per heavy atom. The molecule has 0 saturated carbocycles. The van der Waals surface area contributed by atoms with E-state index in [0.717, 1.165) is 0 Å². The maximum atomic E-state index is 8.36. The Kier molecular flexibility index (Phi) is 24.1. The largest absolute Gasteiger partial charge is 0.328 e. The van der Waals surface area contributed by atoms with E-state index in [1.54, 1.807) is 0 Å². The van der Waals surface area contributed by atoms with E-state index in [9.17, 15) is 0 Å². The minimum Gasteiger partial charge on any atom is -0.328 e. The van der Waals surface area contributed by atoms with Gasteiger partial charge < -0.3 is 5.21 Å². The van der Waals surface area contributed by atoms with Gasteiger partial charge in [0.2, 0.25) is 0 Å². The topological polar surface area (TPSA) is 63.4 Å². The summed E-state index contributed by atoms with van der Waals surface area (Å²) in [5.41, 5.74) is 0. The van der Waals surface area contributed by atoms with Gasteiger partial charge in [-0.3, -0.25) is 0 Å². The summed E-state index contributed by atoms with van der Waals surface area (Å²) in [5.74, 6) is 0. The second kappa shape index (κ2) is 24.9. The fourth-order valence-electron chi connectivity index (χ4n) is 1.54. The summed E-state index contributed by atoms with van der Waals surface area (Å²) in [4.78, 5) is 8.36. The van der Waals surface area contributed by atoms with Gasteiger partial charge in [0, 0.05) is 24.4 Å². The van der Waals surface area contributed by atoms with Gasteiger partial charge >= 0.3 is 0 Å². The quantitative estimate of drug-likeness (QED) is 0.184. The van der Waals surface area contributed by atoms with Crippen molar-refractivity contribution in [2.45, 2.75) is 0 Å². The predicted molar refractivity (Wildman–Crippen MR) is 120 cm³/mol. The Hall–Kier alpha value is -3.10. The molecule has 0 aliphatic rings. The zero-order chi connectivity index (χ0) is 20.5. The molecule has 0 atom stereocenters. The van der Waals surface area contributed by atoms with E-state index in [1.165, 1.54) is 0 Å². The minimum absolute atomic E-state index is 0. The summed E-state index contributed by atoms with van der Waals surface area (Å²) in [6.07, 6.45) is 0. The van der Waals surface area contributed by atoms with Crippen LogP contribution in [0, 0.1) is 10.1 Å². The molecule has 0 aromatic heterocycles. The van der Waals surface area contributed by atoms with Crippen molar-refractivity contribution < 1.29 is 10.3 Å². The van der Waals surface area contributed by atoms with Crippen LogP contribution in [0.1, 0.15) is 0 Å². The molecule has 0 aliphatic carbocycles. The summed E-state index contributed by atoms with van der Waals surface area (Å²) < 4.78 is 0. The summed E-state index contributed by atoms with van der Waals surface area (Å²) in [7, 11) is 0. The number of benzene rings is 4. The first-order valence-corrected chi connectivity index (χ1v) is 8.57. The number of hydrogen-bond acceptors (Lipinski definition) is 2. The Morgan fingerprint density at radius 1 is 0.379 bits per heavy atom. The van der Waals surface area contributed by atoms with Crippen molar-refractivity contribution in [3.63, 3.8) is 0 Å². The second-order valence-electron chi connectivity index (χ2n) is 4.86. The number of rotatable bonds is 0. The standard InChI is InChI=1S/4C6H6.HNO3.Sb/c4*1-2-4-6-5-3-1;2-1(3)4;/h4*1-6H;(H,2,3,4);. The van der Waals surface area contributed by atoms with Gasteiger partial charge in [-0.05, 0) is 0 Å². The molecule has 0 fully saturated rings. The summed E-state index contributed by atoms with van der Waals surface area (Å²) in [5, 5.41) is 13.6. The molecule has 0 heterocycles. The van der Waals surface area contributed by atoms with E-state index >= 15 is 0 Å². The van der Waals surface area contributed by atoms with Crippen molar-refractivity contribution in [2.75, 3.05) is 0 Å². The van der Waals surface area contributed by atoms with Crippen molar-refractivity contribution in [3.8, 4) is 0 Å². The minimum atomic E-state index is -1.50. The molecule has 0 amide bonds. The van der Waals surface area contributed by atoms with Gasteiger partial charge in [-0.2, -0.15) is 0 Å². The summed E-state index contributed by atoms with van der Waals surface area (Å²) in [6, 6.07) is 48.0. The molecular formula is C24H25NO3Sb. The smallest absolute Gasteiger partial charge is 0.291 e. The van der Waals surface area contributed by atoms with E-state index in [4.69, 9.17) is 15.3 Å². The van der Waals surface area contributed by atoms with E-state index < -0.39 is 5.09 Å². The van der Waals surface area contributed by atoms with Crippen LogP contribution in [-0.4, -0.2) is 34.7 Å². The molecule has 0 saturated heterocycles. The van der Waals surface area contributed by atoms with Gasteiger partial charge in [0.15, 0.2) is 0 Å². The monoisotopic (exact) mass is 496 g/mol. The Labute approximate surface area is 190 Å². The van der Waals surface area contributed by atoms with Gasteiger partial charge in [-0.15, -0.1) is 10.1 Å². The fraction of sp³-hybridized carbons (Fsp3) is 0. The first kappa shape index (κ1) is 28.1. The van der Waals surface area contributed by atoms with Gasteiger partial charge in [0.25, 0.3) is 5.09 Å². The SMILES string of the molecule is O=[N+]([O-])O.[Sb].c1ccccc1.c1ccccc1.c1ccccc1.c1ccccc1. The fourth-order valence-corrected chi connectivity index (χ4v) is 1.54. The molecule has 0 aliphatic heterocycles. The zero-order valence-electron chi connectivity index (χ0n) is 16.0. The van der Waals surface area contributed by atoms with Crippen LogP contribution >= 0.6 is 0 Å². The van der Waals surface area contributed by atoms with Crippen LogP contribution < -0.4 is 0 Å². The normalized spacial score (nSPS) is 7.45. The molecule has 149 valence electrons. The molecule has 1 N–H and O–H groups in total. The van der Waals surface area contributed by atoms with Gasteiger partial charge in [0.1, 0.15) is 0 Å². The third-order valence-corrected chi connectivity index (χ3v) is 2.67. The van der Waals surface area contributed by atoms with E-state index in [0.29, 0.717) is 0 Å². The molecule has 4 nitrogen and oxygen atoms in total. The predicted octanol–water partition coefficient (Wildman–Crippen LogP) is 6.02. The molecule has 4 aromatic rings. The molecule has 3 radical (unpaired) electrons. The van der Waals surface area contributed by atoms with Gasteiger partial charge in [0.05, 0.1) is 0 Å². The Morgan fingerprint density at radius 3 is 0.448 bits per heavy atom. The molecule has 4 aromatic carbocycles. The van der Waals surface area contributed by atoms with E-state index in [2.05, 4.69) is 0 Å². The molecule has 5 heteroatoms. The van der Waals surface area contributed by atoms with Crippen molar-refractivity contribution in [1.82, 2.24) is 0 Å². The third-order valence-electron chi connectivity index (χ3n) is 2.67. The summed E-state index contributed by atoms with van der Waals surface area (Å²) in [6.45, 7) is 0. The number of hydrogen-bond donors (Lipinski definition) is 1. The van der Waals surface area contributed by atoms with Crippen LogP contribution in [0.25, 0.3) is 0 Å². The van der Waals surface area contributed by atoms with Crippen molar-refractivity contribution >= 4 is 24.4 Å². The molecule has 0 unspecified atom stereocenters. The first-order chi connectivity index (χ1) is 13.7. The van der Waals surface area contributed by atoms with Gasteiger partial charge in [-0.25, -0.2) is 0 Å². The average molecular weight is 497 g/mol. The van der Waals surface area contributed by atoms with E-state index in [-0.39, 0.29) is 24.4 Å². The summed E-state index contributed by atoms with van der Waals surface area (Å²) >= 11 is 0. The molecule has 4 rings (SSSR count). The van der Waals surface area contributed by atoms with Crippen LogP contribution in [0.3, 0.4) is 0 Å². The average Bonchev–Trinajstić information content (AvgIpc) is 2.79. The third kappa shape index (κ3) is 29.9. The number of nitrogens with zero attached hydrogens (tertiary/aromatic N) is 1. The van der Waals surface area contributed by atoms with Crippen LogP contribution in [0.5, 0.6) is 0 Å². The molecule has 29 heavy (non-hydrogen) atoms. The van der Waals surface area contributed by atoms with Gasteiger partial charge in [-0.1, -0.05) is 146 Å².